The Morgan fingerprint density at radius 2 is 1.63 bits per heavy atom. The zero-order chi connectivity index (χ0) is 42.7. The van der Waals surface area contributed by atoms with E-state index in [1.54, 1.807) is 13.0 Å². The van der Waals surface area contributed by atoms with Gasteiger partial charge in [0.2, 0.25) is 17.7 Å². The van der Waals surface area contributed by atoms with E-state index in [1.807, 2.05) is 101 Å². The van der Waals surface area contributed by atoms with E-state index in [1.165, 1.54) is 11.0 Å². The third kappa shape index (κ3) is 15.1. The molecule has 0 radical (unpaired) electrons. The molecule has 3 aromatic rings. The Bertz CT molecular complexity index is 1800. The molecule has 4 N–H and O–H groups in total. The molecule has 1 aliphatic rings. The summed E-state index contributed by atoms with van der Waals surface area (Å²) in [5.74, 6) is -1.02. The van der Waals surface area contributed by atoms with E-state index in [0.717, 1.165) is 42.0 Å². The number of fused-ring (bicyclic) bond motifs is 1. The van der Waals surface area contributed by atoms with Crippen LogP contribution < -0.4 is 20.9 Å². The summed E-state index contributed by atoms with van der Waals surface area (Å²) in [6.45, 7) is 12.9. The van der Waals surface area contributed by atoms with Gasteiger partial charge in [-0.2, -0.15) is 0 Å². The second-order valence-corrected chi connectivity index (χ2v) is 16.2. The van der Waals surface area contributed by atoms with Crippen LogP contribution in [0.4, 0.5) is 10.5 Å². The summed E-state index contributed by atoms with van der Waals surface area (Å²) in [7, 11) is 0. The van der Waals surface area contributed by atoms with Gasteiger partial charge in [0.1, 0.15) is 18.7 Å². The van der Waals surface area contributed by atoms with E-state index >= 15 is 0 Å². The SMILES string of the molecule is CCCC[C@H](NC(=O)[C@H](C)N(C(=O)OCc1ccccc1)c1cccc2ccccc12)C(=O)N[C@@H](CC(C)C)[C@@H](O)C=C(CCOC1CCCCO1)C(=O)NCC(C)C. The van der Waals surface area contributed by atoms with E-state index in [9.17, 15) is 24.3 Å². The summed E-state index contributed by atoms with van der Waals surface area (Å²) < 4.78 is 17.4. The van der Waals surface area contributed by atoms with Gasteiger partial charge in [0.15, 0.2) is 6.29 Å². The first-order chi connectivity index (χ1) is 28.4. The molecule has 3 aromatic carbocycles. The van der Waals surface area contributed by atoms with E-state index in [-0.39, 0.29) is 43.7 Å². The Balaban J connectivity index is 1.55. The highest BCUT2D eigenvalue weighted by Gasteiger charge is 2.34. The molecule has 4 rings (SSSR count). The van der Waals surface area contributed by atoms with Crippen molar-refractivity contribution in [3.05, 3.63) is 90.0 Å². The maximum Gasteiger partial charge on any atom is 0.415 e. The fourth-order valence-corrected chi connectivity index (χ4v) is 6.98. The lowest BCUT2D eigenvalue weighted by Crippen LogP contribution is -2.56. The molecule has 4 amide bonds. The van der Waals surface area contributed by atoms with E-state index in [2.05, 4.69) is 16.0 Å². The highest BCUT2D eigenvalue weighted by atomic mass is 16.7. The normalized spacial score (nSPS) is 16.6. The van der Waals surface area contributed by atoms with Crippen LogP contribution in [0.5, 0.6) is 0 Å². The van der Waals surface area contributed by atoms with Gasteiger partial charge in [-0.1, -0.05) is 114 Å². The molecular formula is C47H66N4O8. The van der Waals surface area contributed by atoms with Crippen molar-refractivity contribution >= 4 is 40.3 Å². The van der Waals surface area contributed by atoms with E-state index < -0.39 is 42.1 Å². The molecule has 0 aromatic heterocycles. The number of aliphatic hydroxyl groups excluding tert-OH is 1. The van der Waals surface area contributed by atoms with Gasteiger partial charge in [-0.3, -0.25) is 19.3 Å². The lowest BCUT2D eigenvalue weighted by Gasteiger charge is -2.31. The maximum atomic E-state index is 14.2. The molecule has 5 atom stereocenters. The van der Waals surface area contributed by atoms with Crippen LogP contribution in [0.2, 0.25) is 0 Å². The third-order valence-electron chi connectivity index (χ3n) is 10.3. The lowest BCUT2D eigenvalue weighted by atomic mass is 9.96. The first kappa shape index (κ1) is 46.9. The van der Waals surface area contributed by atoms with Crippen LogP contribution in [0.25, 0.3) is 10.8 Å². The van der Waals surface area contributed by atoms with Gasteiger partial charge in [-0.05, 0) is 74.0 Å². The summed E-state index contributed by atoms with van der Waals surface area (Å²) in [6.07, 6.45) is 4.46. The number of unbranched alkanes of at least 4 members (excludes halogenated alkanes) is 1. The third-order valence-corrected chi connectivity index (χ3v) is 10.3. The fraction of sp³-hybridized carbons (Fsp3) is 0.532. The maximum absolute atomic E-state index is 14.2. The van der Waals surface area contributed by atoms with Crippen LogP contribution in [-0.4, -0.2) is 79.2 Å². The Morgan fingerprint density at radius 1 is 0.898 bits per heavy atom. The molecule has 0 saturated carbocycles. The van der Waals surface area contributed by atoms with Crippen LogP contribution in [0.15, 0.2) is 84.4 Å². The summed E-state index contributed by atoms with van der Waals surface area (Å²) in [6, 6.07) is 19.6. The van der Waals surface area contributed by atoms with Crippen LogP contribution in [-0.2, 0) is 35.2 Å². The van der Waals surface area contributed by atoms with E-state index in [4.69, 9.17) is 14.2 Å². The average Bonchev–Trinajstić information content (AvgIpc) is 3.23. The molecule has 1 unspecified atom stereocenters. The van der Waals surface area contributed by atoms with Gasteiger partial charge in [0.25, 0.3) is 0 Å². The molecular weight excluding hydrogens is 749 g/mol. The number of amides is 4. The number of aliphatic hydroxyl groups is 1. The Kier molecular flexibility index (Phi) is 19.3. The van der Waals surface area contributed by atoms with E-state index in [0.29, 0.717) is 43.7 Å². The fourth-order valence-electron chi connectivity index (χ4n) is 6.98. The van der Waals surface area contributed by atoms with Crippen molar-refractivity contribution < 1.29 is 38.5 Å². The molecule has 0 aliphatic carbocycles. The number of carbonyl (C=O) groups is 4. The van der Waals surface area contributed by atoms with Gasteiger partial charge in [-0.25, -0.2) is 4.79 Å². The monoisotopic (exact) mass is 814 g/mol. The zero-order valence-electron chi connectivity index (χ0n) is 35.8. The molecule has 1 fully saturated rings. The summed E-state index contributed by atoms with van der Waals surface area (Å²) in [5, 5.41) is 22.2. The number of nitrogens with one attached hydrogen (secondary N) is 3. The van der Waals surface area contributed by atoms with Crippen LogP contribution >= 0.6 is 0 Å². The number of nitrogens with zero attached hydrogens (tertiary/aromatic N) is 1. The van der Waals surface area contributed by atoms with Crippen LogP contribution in [0, 0.1) is 11.8 Å². The quantitative estimate of drug-likeness (QED) is 0.0758. The number of hydrogen-bond acceptors (Lipinski definition) is 8. The first-order valence-corrected chi connectivity index (χ1v) is 21.4. The van der Waals surface area contributed by atoms with Crippen molar-refractivity contribution in [3.63, 3.8) is 0 Å². The van der Waals surface area contributed by atoms with Gasteiger partial charge in [0, 0.05) is 30.5 Å². The molecule has 59 heavy (non-hydrogen) atoms. The number of ether oxygens (including phenoxy) is 3. The summed E-state index contributed by atoms with van der Waals surface area (Å²) >= 11 is 0. The van der Waals surface area contributed by atoms with Crippen molar-refractivity contribution in [3.8, 4) is 0 Å². The van der Waals surface area contributed by atoms with Crippen molar-refractivity contribution in [2.75, 3.05) is 24.7 Å². The molecule has 0 bridgehead atoms. The minimum atomic E-state index is -1.21. The number of rotatable bonds is 22. The topological polar surface area (TPSA) is 156 Å². The lowest BCUT2D eigenvalue weighted by molar-refractivity contribution is -0.162. The molecule has 0 spiro atoms. The average molecular weight is 815 g/mol. The molecule has 12 nitrogen and oxygen atoms in total. The van der Waals surface area contributed by atoms with Gasteiger partial charge >= 0.3 is 6.09 Å². The smallest absolute Gasteiger partial charge is 0.415 e. The standard InChI is InChI=1S/C47H66N4O8/c1-7-8-22-39(46(55)50-40(28-32(2)3)42(52)29-37(45(54)48-30-33(4)5)25-27-58-43-24-14-15-26-57-43)49-44(53)34(6)51(47(56)59-31-35-17-10-9-11-18-35)41-23-16-20-36-19-12-13-21-38(36)41/h9-13,16-21,23,29,32-34,39-40,42-43,52H,7-8,14-15,22,24-28,30-31H2,1-6H3,(H,48,54)(H,49,53)(H,50,55)/t34-,39-,40-,42-,43?/m0/s1. The van der Waals surface area contributed by atoms with Crippen molar-refractivity contribution in [1.29, 1.82) is 0 Å². The molecule has 12 heteroatoms. The van der Waals surface area contributed by atoms with Gasteiger partial charge < -0.3 is 35.3 Å². The molecule has 1 heterocycles. The first-order valence-electron chi connectivity index (χ1n) is 21.4. The largest absolute Gasteiger partial charge is 0.444 e. The second kappa shape index (κ2) is 24.3. The Labute approximate surface area is 350 Å². The van der Waals surface area contributed by atoms with Crippen molar-refractivity contribution in [1.82, 2.24) is 16.0 Å². The number of anilines is 1. The van der Waals surface area contributed by atoms with Gasteiger partial charge in [-0.15, -0.1) is 0 Å². The van der Waals surface area contributed by atoms with Crippen molar-refractivity contribution in [2.45, 2.75) is 130 Å². The zero-order valence-corrected chi connectivity index (χ0v) is 35.8. The van der Waals surface area contributed by atoms with Crippen molar-refractivity contribution in [2.24, 2.45) is 11.8 Å². The number of hydrogen-bond donors (Lipinski definition) is 4. The second-order valence-electron chi connectivity index (χ2n) is 16.2. The summed E-state index contributed by atoms with van der Waals surface area (Å²) in [4.78, 5) is 57.1. The Hall–Kier alpha value is -4.78. The highest BCUT2D eigenvalue weighted by molar-refractivity contribution is 6.06. The van der Waals surface area contributed by atoms with Crippen LogP contribution in [0.3, 0.4) is 0 Å². The van der Waals surface area contributed by atoms with Gasteiger partial charge in [0.05, 0.1) is 24.4 Å². The Morgan fingerprint density at radius 3 is 2.32 bits per heavy atom. The molecule has 1 aliphatic heterocycles. The number of carbonyl (C=O) groups excluding carboxylic acids is 4. The highest BCUT2D eigenvalue weighted by Crippen LogP contribution is 2.29. The minimum absolute atomic E-state index is 0.00782. The van der Waals surface area contributed by atoms with Crippen LogP contribution in [0.1, 0.15) is 98.5 Å². The molecule has 322 valence electrons. The predicted molar refractivity (Wildman–Crippen MR) is 231 cm³/mol. The number of benzene rings is 3. The summed E-state index contributed by atoms with van der Waals surface area (Å²) in [5.41, 5.74) is 1.65. The predicted octanol–water partition coefficient (Wildman–Crippen LogP) is 7.57. The molecule has 1 saturated heterocycles. The minimum Gasteiger partial charge on any atom is -0.444 e.